The van der Waals surface area contributed by atoms with Gasteiger partial charge in [0, 0.05) is 18.3 Å². The third-order valence-electron chi connectivity index (χ3n) is 1.95. The van der Waals surface area contributed by atoms with Gasteiger partial charge in [-0.1, -0.05) is 13.8 Å². The summed E-state index contributed by atoms with van der Waals surface area (Å²) in [4.78, 5) is 27.5. The largest absolute Gasteiger partial charge is 0.480 e. The summed E-state index contributed by atoms with van der Waals surface area (Å²) in [7, 11) is 1.45. The van der Waals surface area contributed by atoms with Crippen LogP contribution < -0.4 is 0 Å². The van der Waals surface area contributed by atoms with E-state index in [0.29, 0.717) is 5.69 Å². The van der Waals surface area contributed by atoms with Crippen LogP contribution in [0.5, 0.6) is 0 Å². The molecule has 16 heavy (non-hydrogen) atoms. The standard InChI is InChI=1S/C10H14N2O3S/c1-6(2)9-11-7(5-16-9)10(15)12(3)4-8(13)14/h5-6H,4H2,1-3H3,(H,13,14). The minimum Gasteiger partial charge on any atom is -0.480 e. The Balaban J connectivity index is 2.76. The minimum atomic E-state index is -1.03. The van der Waals surface area contributed by atoms with Crippen LogP contribution in [0.2, 0.25) is 0 Å². The Morgan fingerprint density at radius 1 is 1.56 bits per heavy atom. The zero-order chi connectivity index (χ0) is 12.3. The molecule has 88 valence electrons. The van der Waals surface area contributed by atoms with Gasteiger partial charge in [-0.05, 0) is 0 Å². The molecule has 0 saturated carbocycles. The van der Waals surface area contributed by atoms with E-state index in [1.807, 2.05) is 13.8 Å². The number of likely N-dealkylation sites (N-methyl/N-ethyl adjacent to an activating group) is 1. The van der Waals surface area contributed by atoms with E-state index >= 15 is 0 Å². The van der Waals surface area contributed by atoms with Crippen LogP contribution in [0.1, 0.15) is 35.3 Å². The second kappa shape index (κ2) is 5.07. The maximum Gasteiger partial charge on any atom is 0.323 e. The van der Waals surface area contributed by atoms with Gasteiger partial charge in [0.2, 0.25) is 0 Å². The molecule has 0 atom stereocenters. The van der Waals surface area contributed by atoms with Gasteiger partial charge >= 0.3 is 5.97 Å². The highest BCUT2D eigenvalue weighted by molar-refractivity contribution is 7.09. The Hall–Kier alpha value is -1.43. The van der Waals surface area contributed by atoms with Gasteiger partial charge in [-0.2, -0.15) is 0 Å². The van der Waals surface area contributed by atoms with E-state index in [9.17, 15) is 9.59 Å². The molecular weight excluding hydrogens is 228 g/mol. The van der Waals surface area contributed by atoms with Crippen LogP contribution in [-0.4, -0.2) is 40.5 Å². The van der Waals surface area contributed by atoms with E-state index in [1.165, 1.54) is 18.4 Å². The number of carbonyl (C=O) groups excluding carboxylic acids is 1. The predicted molar refractivity (Wildman–Crippen MR) is 60.8 cm³/mol. The van der Waals surface area contributed by atoms with Crippen LogP contribution in [0, 0.1) is 0 Å². The SMILES string of the molecule is CC(C)c1nc(C(=O)N(C)CC(=O)O)cs1. The van der Waals surface area contributed by atoms with Gasteiger partial charge in [-0.15, -0.1) is 11.3 Å². The lowest BCUT2D eigenvalue weighted by Crippen LogP contribution is -2.32. The van der Waals surface area contributed by atoms with Gasteiger partial charge < -0.3 is 10.0 Å². The van der Waals surface area contributed by atoms with Crippen LogP contribution in [-0.2, 0) is 4.79 Å². The van der Waals surface area contributed by atoms with Gasteiger partial charge in [0.15, 0.2) is 0 Å². The second-order valence-electron chi connectivity index (χ2n) is 3.78. The molecule has 0 bridgehead atoms. The van der Waals surface area contributed by atoms with E-state index in [-0.39, 0.29) is 18.4 Å². The van der Waals surface area contributed by atoms with Gasteiger partial charge in [0.1, 0.15) is 12.2 Å². The highest BCUT2D eigenvalue weighted by atomic mass is 32.1. The Labute approximate surface area is 97.7 Å². The van der Waals surface area contributed by atoms with Gasteiger partial charge in [-0.25, -0.2) is 4.98 Å². The van der Waals surface area contributed by atoms with Gasteiger partial charge in [-0.3, -0.25) is 9.59 Å². The molecule has 1 aromatic heterocycles. The summed E-state index contributed by atoms with van der Waals surface area (Å²) in [6.07, 6.45) is 0. The third kappa shape index (κ3) is 3.03. The van der Waals surface area contributed by atoms with Crippen molar-refractivity contribution in [3.63, 3.8) is 0 Å². The van der Waals surface area contributed by atoms with Crippen molar-refractivity contribution in [3.8, 4) is 0 Å². The molecule has 0 aliphatic rings. The first-order valence-electron chi connectivity index (χ1n) is 4.84. The molecule has 1 aromatic rings. The quantitative estimate of drug-likeness (QED) is 0.867. The molecule has 1 N–H and O–H groups in total. The number of rotatable bonds is 4. The Morgan fingerprint density at radius 2 is 2.19 bits per heavy atom. The summed E-state index contributed by atoms with van der Waals surface area (Å²) in [6, 6.07) is 0. The van der Waals surface area contributed by atoms with E-state index in [4.69, 9.17) is 5.11 Å². The number of aliphatic carboxylic acids is 1. The molecule has 5 nitrogen and oxygen atoms in total. The first-order chi connectivity index (χ1) is 7.41. The predicted octanol–water partition coefficient (Wildman–Crippen LogP) is 1.42. The highest BCUT2D eigenvalue weighted by Crippen LogP contribution is 2.19. The van der Waals surface area contributed by atoms with Crippen molar-refractivity contribution in [3.05, 3.63) is 16.1 Å². The van der Waals surface area contributed by atoms with E-state index < -0.39 is 5.97 Å². The van der Waals surface area contributed by atoms with Crippen LogP contribution in [0.3, 0.4) is 0 Å². The summed E-state index contributed by atoms with van der Waals surface area (Å²) in [6.45, 7) is 3.68. The molecule has 0 radical (unpaired) electrons. The Bertz CT molecular complexity index is 401. The average molecular weight is 242 g/mol. The summed E-state index contributed by atoms with van der Waals surface area (Å²) < 4.78 is 0. The summed E-state index contributed by atoms with van der Waals surface area (Å²) >= 11 is 1.42. The molecule has 0 aromatic carbocycles. The fraction of sp³-hybridized carbons (Fsp3) is 0.500. The lowest BCUT2D eigenvalue weighted by molar-refractivity contribution is -0.137. The average Bonchev–Trinajstić information content (AvgIpc) is 2.64. The zero-order valence-corrected chi connectivity index (χ0v) is 10.2. The van der Waals surface area contributed by atoms with Crippen LogP contribution in [0.25, 0.3) is 0 Å². The van der Waals surface area contributed by atoms with E-state index in [2.05, 4.69) is 4.98 Å². The molecule has 0 aliphatic heterocycles. The number of thiazole rings is 1. The lowest BCUT2D eigenvalue weighted by atomic mass is 10.2. The van der Waals surface area contributed by atoms with Crippen molar-refractivity contribution >= 4 is 23.2 Å². The maximum absolute atomic E-state index is 11.7. The molecule has 0 fully saturated rings. The molecule has 1 amide bonds. The second-order valence-corrected chi connectivity index (χ2v) is 4.67. The molecule has 6 heteroatoms. The van der Waals surface area contributed by atoms with Crippen molar-refractivity contribution in [2.45, 2.75) is 19.8 Å². The number of carbonyl (C=O) groups is 2. The number of hydrogen-bond acceptors (Lipinski definition) is 4. The maximum atomic E-state index is 11.7. The molecule has 0 spiro atoms. The fourth-order valence-corrected chi connectivity index (χ4v) is 1.93. The monoisotopic (exact) mass is 242 g/mol. The smallest absolute Gasteiger partial charge is 0.323 e. The number of carboxylic acid groups (broad SMARTS) is 1. The van der Waals surface area contributed by atoms with Crippen LogP contribution in [0.4, 0.5) is 0 Å². The highest BCUT2D eigenvalue weighted by Gasteiger charge is 2.18. The van der Waals surface area contributed by atoms with Crippen LogP contribution in [0.15, 0.2) is 5.38 Å². The molecule has 0 unspecified atom stereocenters. The minimum absolute atomic E-state index is 0.274. The lowest BCUT2D eigenvalue weighted by Gasteiger charge is -2.12. The summed E-state index contributed by atoms with van der Waals surface area (Å²) in [5, 5.41) is 11.1. The van der Waals surface area contributed by atoms with E-state index in [1.54, 1.807) is 5.38 Å². The van der Waals surface area contributed by atoms with Gasteiger partial charge in [0.25, 0.3) is 5.91 Å². The first-order valence-corrected chi connectivity index (χ1v) is 5.72. The van der Waals surface area contributed by atoms with Crippen molar-refractivity contribution in [2.24, 2.45) is 0 Å². The molecule has 1 rings (SSSR count). The number of aromatic nitrogens is 1. The molecular formula is C10H14N2O3S. The fourth-order valence-electron chi connectivity index (χ4n) is 1.12. The summed E-state index contributed by atoms with van der Waals surface area (Å²) in [5.74, 6) is -1.11. The third-order valence-corrected chi connectivity index (χ3v) is 3.10. The number of carboxylic acids is 1. The van der Waals surface area contributed by atoms with Crippen LogP contribution >= 0.6 is 11.3 Å². The first kappa shape index (κ1) is 12.6. The summed E-state index contributed by atoms with van der Waals surface area (Å²) in [5.41, 5.74) is 0.317. The van der Waals surface area contributed by atoms with Gasteiger partial charge in [0.05, 0.1) is 5.01 Å². The Kier molecular flexibility index (Phi) is 4.00. The number of amides is 1. The number of nitrogens with zero attached hydrogens (tertiary/aromatic N) is 2. The van der Waals surface area contributed by atoms with Crippen molar-refractivity contribution in [1.29, 1.82) is 0 Å². The van der Waals surface area contributed by atoms with Crippen molar-refractivity contribution in [1.82, 2.24) is 9.88 Å². The van der Waals surface area contributed by atoms with Crippen molar-refractivity contribution < 1.29 is 14.7 Å². The molecule has 1 heterocycles. The normalized spacial score (nSPS) is 10.5. The molecule has 0 aliphatic carbocycles. The number of hydrogen-bond donors (Lipinski definition) is 1. The topological polar surface area (TPSA) is 70.5 Å². The zero-order valence-electron chi connectivity index (χ0n) is 9.43. The van der Waals surface area contributed by atoms with E-state index in [0.717, 1.165) is 9.91 Å². The molecule has 0 saturated heterocycles. The van der Waals surface area contributed by atoms with Crippen molar-refractivity contribution in [2.75, 3.05) is 13.6 Å². The Morgan fingerprint density at radius 3 is 2.62 bits per heavy atom.